The van der Waals surface area contributed by atoms with E-state index in [1.807, 2.05) is 0 Å². The summed E-state index contributed by atoms with van der Waals surface area (Å²) in [6, 6.07) is -0.131. The highest BCUT2D eigenvalue weighted by atomic mass is 16.2. The summed E-state index contributed by atoms with van der Waals surface area (Å²) in [6.07, 6.45) is 7.49. The van der Waals surface area contributed by atoms with E-state index in [1.165, 1.54) is 25.7 Å². The van der Waals surface area contributed by atoms with Crippen molar-refractivity contribution >= 4 is 11.7 Å². The summed E-state index contributed by atoms with van der Waals surface area (Å²) >= 11 is 0. The number of ketones is 1. The number of likely N-dealkylation sites (tertiary alicyclic amines) is 1. The zero-order chi connectivity index (χ0) is 12.4. The summed E-state index contributed by atoms with van der Waals surface area (Å²) in [6.45, 7) is 3.98. The van der Waals surface area contributed by atoms with E-state index in [-0.39, 0.29) is 17.7 Å². The zero-order valence-corrected chi connectivity index (χ0v) is 10.9. The third kappa shape index (κ3) is 2.70. The first-order chi connectivity index (χ1) is 8.09. The lowest BCUT2D eigenvalue weighted by Crippen LogP contribution is -2.41. The molecule has 2 rings (SSSR count). The van der Waals surface area contributed by atoms with Crippen LogP contribution >= 0.6 is 0 Å². The molecule has 3 heteroatoms. The van der Waals surface area contributed by atoms with Crippen LogP contribution in [-0.4, -0.2) is 29.2 Å². The molecule has 1 aliphatic heterocycles. The van der Waals surface area contributed by atoms with Gasteiger partial charge >= 0.3 is 0 Å². The second kappa shape index (κ2) is 5.19. The minimum atomic E-state index is -0.131. The van der Waals surface area contributed by atoms with Crippen LogP contribution in [0, 0.1) is 11.8 Å². The second-order valence-electron chi connectivity index (χ2n) is 5.70. The molecule has 1 amide bonds. The fourth-order valence-corrected chi connectivity index (χ4v) is 3.68. The molecule has 1 aliphatic carbocycles. The fourth-order valence-electron chi connectivity index (χ4n) is 3.68. The van der Waals surface area contributed by atoms with Crippen LogP contribution < -0.4 is 0 Å². The van der Waals surface area contributed by atoms with Crippen molar-refractivity contribution < 1.29 is 9.59 Å². The number of Topliss-reactive ketones (excluding diaryl/α,β-unsaturated/α-hetero) is 1. The van der Waals surface area contributed by atoms with Crippen molar-refractivity contribution in [3.8, 4) is 0 Å². The van der Waals surface area contributed by atoms with Crippen molar-refractivity contribution in [3.63, 3.8) is 0 Å². The van der Waals surface area contributed by atoms with Crippen LogP contribution in [0.4, 0.5) is 0 Å². The van der Waals surface area contributed by atoms with E-state index < -0.39 is 0 Å². The summed E-state index contributed by atoms with van der Waals surface area (Å²) in [4.78, 5) is 25.0. The SMILES string of the molecule is CC(=O)[C@@H]1[C@@H](CC2CCCC2)CCN1C(C)=O. The van der Waals surface area contributed by atoms with Gasteiger partial charge in [-0.25, -0.2) is 0 Å². The van der Waals surface area contributed by atoms with Crippen LogP contribution in [0.25, 0.3) is 0 Å². The van der Waals surface area contributed by atoms with Crippen LogP contribution in [0.3, 0.4) is 0 Å². The van der Waals surface area contributed by atoms with Crippen molar-refractivity contribution in [2.45, 2.75) is 58.4 Å². The van der Waals surface area contributed by atoms with Crippen molar-refractivity contribution in [2.24, 2.45) is 11.8 Å². The smallest absolute Gasteiger partial charge is 0.220 e. The Kier molecular flexibility index (Phi) is 3.85. The van der Waals surface area contributed by atoms with E-state index in [0.717, 1.165) is 25.3 Å². The first-order valence-electron chi connectivity index (χ1n) is 6.87. The van der Waals surface area contributed by atoms with Crippen molar-refractivity contribution in [3.05, 3.63) is 0 Å². The molecular weight excluding hydrogens is 214 g/mol. The average Bonchev–Trinajstić information content (AvgIpc) is 2.86. The minimum Gasteiger partial charge on any atom is -0.333 e. The molecule has 17 heavy (non-hydrogen) atoms. The number of carbonyl (C=O) groups is 2. The van der Waals surface area contributed by atoms with Crippen LogP contribution in [0.15, 0.2) is 0 Å². The molecule has 1 saturated carbocycles. The van der Waals surface area contributed by atoms with E-state index >= 15 is 0 Å². The minimum absolute atomic E-state index is 0.0547. The number of hydrogen-bond donors (Lipinski definition) is 0. The van der Waals surface area contributed by atoms with E-state index in [2.05, 4.69) is 0 Å². The molecule has 0 aromatic heterocycles. The number of hydrogen-bond acceptors (Lipinski definition) is 2. The lowest BCUT2D eigenvalue weighted by atomic mass is 9.86. The van der Waals surface area contributed by atoms with E-state index in [4.69, 9.17) is 0 Å². The van der Waals surface area contributed by atoms with Crippen LogP contribution in [-0.2, 0) is 9.59 Å². The topological polar surface area (TPSA) is 37.4 Å². The molecule has 2 fully saturated rings. The van der Waals surface area contributed by atoms with Gasteiger partial charge in [-0.2, -0.15) is 0 Å². The number of nitrogens with zero attached hydrogens (tertiary/aromatic N) is 1. The molecule has 0 bridgehead atoms. The second-order valence-corrected chi connectivity index (χ2v) is 5.70. The molecule has 2 atom stereocenters. The molecule has 0 radical (unpaired) electrons. The van der Waals surface area contributed by atoms with Gasteiger partial charge in [-0.15, -0.1) is 0 Å². The molecule has 3 nitrogen and oxygen atoms in total. The van der Waals surface area contributed by atoms with Gasteiger partial charge in [-0.05, 0) is 31.6 Å². The molecular formula is C14H23NO2. The van der Waals surface area contributed by atoms with Gasteiger partial charge in [0.2, 0.25) is 5.91 Å². The van der Waals surface area contributed by atoms with Gasteiger partial charge < -0.3 is 4.90 Å². The quantitative estimate of drug-likeness (QED) is 0.756. The molecule has 0 spiro atoms. The summed E-state index contributed by atoms with van der Waals surface area (Å²) < 4.78 is 0. The molecule has 1 saturated heterocycles. The molecule has 0 N–H and O–H groups in total. The monoisotopic (exact) mass is 237 g/mol. The Bertz CT molecular complexity index is 307. The highest BCUT2D eigenvalue weighted by Gasteiger charge is 2.39. The lowest BCUT2D eigenvalue weighted by Gasteiger charge is -2.26. The Balaban J connectivity index is 2.01. The maximum atomic E-state index is 11.8. The first kappa shape index (κ1) is 12.6. The lowest BCUT2D eigenvalue weighted by molar-refractivity contribution is -0.136. The van der Waals surface area contributed by atoms with Gasteiger partial charge in [-0.3, -0.25) is 9.59 Å². The summed E-state index contributed by atoms with van der Waals surface area (Å²) in [5.41, 5.74) is 0. The largest absolute Gasteiger partial charge is 0.333 e. The van der Waals surface area contributed by atoms with Gasteiger partial charge in [-0.1, -0.05) is 25.7 Å². The molecule has 0 aromatic rings. The van der Waals surface area contributed by atoms with Gasteiger partial charge in [0.05, 0.1) is 6.04 Å². The van der Waals surface area contributed by atoms with Gasteiger partial charge in [0.1, 0.15) is 0 Å². The maximum absolute atomic E-state index is 11.8. The Morgan fingerprint density at radius 2 is 1.76 bits per heavy atom. The van der Waals surface area contributed by atoms with Gasteiger partial charge in [0, 0.05) is 13.5 Å². The molecule has 2 aliphatic rings. The van der Waals surface area contributed by atoms with Crippen molar-refractivity contribution in [1.29, 1.82) is 0 Å². The molecule has 0 unspecified atom stereocenters. The van der Waals surface area contributed by atoms with Crippen LogP contribution in [0.2, 0.25) is 0 Å². The Morgan fingerprint density at radius 1 is 1.12 bits per heavy atom. The summed E-state index contributed by atoms with van der Waals surface area (Å²) in [5.74, 6) is 1.44. The normalized spacial score (nSPS) is 29.9. The molecule has 0 aromatic carbocycles. The van der Waals surface area contributed by atoms with Crippen LogP contribution in [0.5, 0.6) is 0 Å². The molecule has 1 heterocycles. The fraction of sp³-hybridized carbons (Fsp3) is 0.857. The summed E-state index contributed by atoms with van der Waals surface area (Å²) in [7, 11) is 0. The first-order valence-corrected chi connectivity index (χ1v) is 6.87. The van der Waals surface area contributed by atoms with E-state index in [0.29, 0.717) is 5.92 Å². The van der Waals surface area contributed by atoms with Crippen molar-refractivity contribution in [1.82, 2.24) is 4.90 Å². The van der Waals surface area contributed by atoms with Gasteiger partial charge in [0.15, 0.2) is 5.78 Å². The standard InChI is InChI=1S/C14H23NO2/c1-10(16)14-13(7-8-15(14)11(2)17)9-12-5-3-4-6-12/h12-14H,3-9H2,1-2H3/t13-,14-/m1/s1. The Hall–Kier alpha value is -0.860. The molecule has 96 valence electrons. The Labute approximate surface area is 104 Å². The third-order valence-corrected chi connectivity index (χ3v) is 4.45. The maximum Gasteiger partial charge on any atom is 0.220 e. The van der Waals surface area contributed by atoms with E-state index in [1.54, 1.807) is 18.7 Å². The predicted octanol–water partition coefficient (Wildman–Crippen LogP) is 2.39. The van der Waals surface area contributed by atoms with E-state index in [9.17, 15) is 9.59 Å². The number of rotatable bonds is 3. The third-order valence-electron chi connectivity index (χ3n) is 4.45. The highest BCUT2D eigenvalue weighted by molar-refractivity contribution is 5.87. The summed E-state index contributed by atoms with van der Waals surface area (Å²) in [5, 5.41) is 0. The van der Waals surface area contributed by atoms with Gasteiger partial charge in [0.25, 0.3) is 0 Å². The average molecular weight is 237 g/mol. The highest BCUT2D eigenvalue weighted by Crippen LogP contribution is 2.36. The zero-order valence-electron chi connectivity index (χ0n) is 10.9. The Morgan fingerprint density at radius 3 is 2.29 bits per heavy atom. The van der Waals surface area contributed by atoms with Crippen molar-refractivity contribution in [2.75, 3.05) is 6.54 Å². The number of carbonyl (C=O) groups excluding carboxylic acids is 2. The number of amides is 1. The predicted molar refractivity (Wildman–Crippen MR) is 66.5 cm³/mol. The van der Waals surface area contributed by atoms with Crippen LogP contribution in [0.1, 0.15) is 52.4 Å².